The lowest BCUT2D eigenvalue weighted by Gasteiger charge is -2.10. The Labute approximate surface area is 102 Å². The number of benzene rings is 1. The minimum atomic E-state index is 0.665. The van der Waals surface area contributed by atoms with Crippen molar-refractivity contribution in [2.75, 3.05) is 19.0 Å². The maximum absolute atomic E-state index is 5.16. The lowest BCUT2D eigenvalue weighted by Crippen LogP contribution is -2.29. The van der Waals surface area contributed by atoms with Crippen LogP contribution in [0.4, 0.5) is 5.69 Å². The number of hydrogen-bond donors (Lipinski definition) is 2. The Morgan fingerprint density at radius 1 is 1.31 bits per heavy atom. The Kier molecular flexibility index (Phi) is 5.64. The second-order valence-electron chi connectivity index (χ2n) is 3.46. The fourth-order valence-electron chi connectivity index (χ4n) is 1.23. The molecular formula is C12H18N2OS. The monoisotopic (exact) mass is 238 g/mol. The first-order valence-corrected chi connectivity index (χ1v) is 5.86. The Balaban J connectivity index is 2.37. The van der Waals surface area contributed by atoms with Crippen molar-refractivity contribution in [2.24, 2.45) is 0 Å². The lowest BCUT2D eigenvalue weighted by molar-refractivity contribution is 0.415. The van der Waals surface area contributed by atoms with Gasteiger partial charge < -0.3 is 15.4 Å². The fourth-order valence-corrected chi connectivity index (χ4v) is 1.45. The van der Waals surface area contributed by atoms with Crippen LogP contribution in [0.2, 0.25) is 0 Å². The van der Waals surface area contributed by atoms with Crippen LogP contribution >= 0.6 is 12.2 Å². The molecule has 0 aliphatic heterocycles. The molecule has 3 nitrogen and oxygen atoms in total. The van der Waals surface area contributed by atoms with Crippen LogP contribution in [-0.4, -0.2) is 18.8 Å². The van der Waals surface area contributed by atoms with Gasteiger partial charge in [0.1, 0.15) is 5.75 Å². The molecule has 0 unspecified atom stereocenters. The summed E-state index contributed by atoms with van der Waals surface area (Å²) in [7, 11) is 1.65. The van der Waals surface area contributed by atoms with Crippen molar-refractivity contribution in [3.63, 3.8) is 0 Å². The molecule has 0 saturated heterocycles. The summed E-state index contributed by atoms with van der Waals surface area (Å²) in [6.07, 6.45) is 2.29. The molecule has 88 valence electrons. The van der Waals surface area contributed by atoms with Crippen LogP contribution in [0.25, 0.3) is 0 Å². The molecule has 0 spiro atoms. The molecule has 0 fully saturated rings. The van der Waals surface area contributed by atoms with Gasteiger partial charge in [0, 0.05) is 12.2 Å². The average Bonchev–Trinajstić information content (AvgIpc) is 2.30. The van der Waals surface area contributed by atoms with Gasteiger partial charge in [-0.2, -0.15) is 0 Å². The molecule has 1 rings (SSSR count). The Morgan fingerprint density at radius 2 is 2.00 bits per heavy atom. The number of nitrogens with one attached hydrogen (secondary N) is 2. The predicted molar refractivity (Wildman–Crippen MR) is 72.1 cm³/mol. The van der Waals surface area contributed by atoms with Gasteiger partial charge in [-0.25, -0.2) is 0 Å². The van der Waals surface area contributed by atoms with Crippen molar-refractivity contribution in [3.8, 4) is 5.75 Å². The number of thiocarbonyl (C=S) groups is 1. The largest absolute Gasteiger partial charge is 0.497 e. The van der Waals surface area contributed by atoms with Crippen molar-refractivity contribution in [2.45, 2.75) is 19.8 Å². The molecule has 0 aliphatic rings. The van der Waals surface area contributed by atoms with E-state index in [4.69, 9.17) is 17.0 Å². The van der Waals surface area contributed by atoms with Gasteiger partial charge in [0.15, 0.2) is 5.11 Å². The van der Waals surface area contributed by atoms with Gasteiger partial charge in [-0.3, -0.25) is 0 Å². The molecule has 0 heterocycles. The molecular weight excluding hydrogens is 220 g/mol. The molecule has 16 heavy (non-hydrogen) atoms. The molecule has 0 saturated carbocycles. The lowest BCUT2D eigenvalue weighted by atomic mass is 10.3. The molecule has 0 aliphatic carbocycles. The zero-order valence-corrected chi connectivity index (χ0v) is 10.6. The van der Waals surface area contributed by atoms with Crippen molar-refractivity contribution < 1.29 is 4.74 Å². The third-order valence-corrected chi connectivity index (χ3v) is 2.41. The summed E-state index contributed by atoms with van der Waals surface area (Å²) in [5.74, 6) is 0.843. The molecule has 0 amide bonds. The summed E-state index contributed by atoms with van der Waals surface area (Å²) in [4.78, 5) is 0. The first-order valence-electron chi connectivity index (χ1n) is 5.45. The van der Waals surface area contributed by atoms with E-state index in [1.807, 2.05) is 24.3 Å². The summed E-state index contributed by atoms with van der Waals surface area (Å²) in [5, 5.41) is 6.93. The quantitative estimate of drug-likeness (QED) is 0.610. The van der Waals surface area contributed by atoms with Gasteiger partial charge >= 0.3 is 0 Å². The van der Waals surface area contributed by atoms with E-state index >= 15 is 0 Å². The van der Waals surface area contributed by atoms with E-state index in [0.717, 1.165) is 30.8 Å². The van der Waals surface area contributed by atoms with E-state index in [9.17, 15) is 0 Å². The van der Waals surface area contributed by atoms with Crippen molar-refractivity contribution in [1.29, 1.82) is 0 Å². The summed E-state index contributed by atoms with van der Waals surface area (Å²) >= 11 is 5.16. The third-order valence-electron chi connectivity index (χ3n) is 2.16. The smallest absolute Gasteiger partial charge is 0.170 e. The number of anilines is 1. The van der Waals surface area contributed by atoms with Crippen LogP contribution in [0.15, 0.2) is 24.3 Å². The Hall–Kier alpha value is -1.29. The van der Waals surface area contributed by atoms with Crippen molar-refractivity contribution in [3.05, 3.63) is 24.3 Å². The van der Waals surface area contributed by atoms with Crippen molar-refractivity contribution in [1.82, 2.24) is 5.32 Å². The van der Waals surface area contributed by atoms with Crippen molar-refractivity contribution >= 4 is 23.0 Å². The standard InChI is InChI=1S/C12H18N2OS/c1-3-4-9-13-12(16)14-10-5-7-11(15-2)8-6-10/h5-8H,3-4,9H2,1-2H3,(H2,13,14,16). The van der Waals surface area contributed by atoms with Gasteiger partial charge in [-0.1, -0.05) is 13.3 Å². The van der Waals surface area contributed by atoms with Gasteiger partial charge in [0.05, 0.1) is 7.11 Å². The van der Waals surface area contributed by atoms with Crippen LogP contribution in [0.5, 0.6) is 5.75 Å². The maximum Gasteiger partial charge on any atom is 0.170 e. The highest BCUT2D eigenvalue weighted by Gasteiger charge is 1.97. The maximum atomic E-state index is 5.16. The zero-order valence-electron chi connectivity index (χ0n) is 9.75. The number of unbranched alkanes of at least 4 members (excludes halogenated alkanes) is 1. The van der Waals surface area contributed by atoms with Gasteiger partial charge in [0.25, 0.3) is 0 Å². The second-order valence-corrected chi connectivity index (χ2v) is 3.87. The highest BCUT2D eigenvalue weighted by Crippen LogP contribution is 2.14. The molecule has 2 N–H and O–H groups in total. The number of hydrogen-bond acceptors (Lipinski definition) is 2. The van der Waals surface area contributed by atoms with Crippen LogP contribution < -0.4 is 15.4 Å². The van der Waals surface area contributed by atoms with Crippen LogP contribution in [0, 0.1) is 0 Å². The minimum Gasteiger partial charge on any atom is -0.497 e. The third kappa shape index (κ3) is 4.49. The topological polar surface area (TPSA) is 33.3 Å². The van der Waals surface area contributed by atoms with E-state index in [1.54, 1.807) is 7.11 Å². The van der Waals surface area contributed by atoms with Gasteiger partial charge in [0.2, 0.25) is 0 Å². The first kappa shape index (κ1) is 12.8. The molecule has 1 aromatic rings. The Bertz CT molecular complexity index is 324. The van der Waals surface area contributed by atoms with E-state index in [0.29, 0.717) is 5.11 Å². The minimum absolute atomic E-state index is 0.665. The number of ether oxygens (including phenoxy) is 1. The summed E-state index contributed by atoms with van der Waals surface area (Å²) in [6.45, 7) is 3.07. The zero-order chi connectivity index (χ0) is 11.8. The highest BCUT2D eigenvalue weighted by atomic mass is 32.1. The van der Waals surface area contributed by atoms with Crippen LogP contribution in [0.3, 0.4) is 0 Å². The van der Waals surface area contributed by atoms with Gasteiger partial charge in [-0.15, -0.1) is 0 Å². The molecule has 1 aromatic carbocycles. The number of methoxy groups -OCH3 is 1. The van der Waals surface area contributed by atoms with Crippen LogP contribution in [0.1, 0.15) is 19.8 Å². The van der Waals surface area contributed by atoms with E-state index in [2.05, 4.69) is 17.6 Å². The Morgan fingerprint density at radius 3 is 2.56 bits per heavy atom. The molecule has 0 radical (unpaired) electrons. The molecule has 0 bridgehead atoms. The highest BCUT2D eigenvalue weighted by molar-refractivity contribution is 7.80. The normalized spacial score (nSPS) is 9.62. The predicted octanol–water partition coefficient (Wildman–Crippen LogP) is 2.78. The first-order chi connectivity index (χ1) is 7.76. The summed E-state index contributed by atoms with van der Waals surface area (Å²) in [6, 6.07) is 7.67. The average molecular weight is 238 g/mol. The molecule has 4 heteroatoms. The number of rotatable bonds is 5. The summed E-state index contributed by atoms with van der Waals surface area (Å²) < 4.78 is 5.08. The summed E-state index contributed by atoms with van der Waals surface area (Å²) in [5.41, 5.74) is 0.967. The molecule has 0 atom stereocenters. The fraction of sp³-hybridized carbons (Fsp3) is 0.417. The van der Waals surface area contributed by atoms with E-state index < -0.39 is 0 Å². The van der Waals surface area contributed by atoms with Gasteiger partial charge in [-0.05, 0) is 42.9 Å². The molecule has 0 aromatic heterocycles. The van der Waals surface area contributed by atoms with Crippen LogP contribution in [-0.2, 0) is 0 Å². The second kappa shape index (κ2) is 7.06. The van der Waals surface area contributed by atoms with E-state index in [1.165, 1.54) is 0 Å². The SMILES string of the molecule is CCCCNC(=S)Nc1ccc(OC)cc1. The van der Waals surface area contributed by atoms with E-state index in [-0.39, 0.29) is 0 Å².